The largest absolute Gasteiger partial charge is 0.347 e. The summed E-state index contributed by atoms with van der Waals surface area (Å²) in [5.74, 6) is -0.388. The van der Waals surface area contributed by atoms with Crippen LogP contribution in [0, 0.1) is 0 Å². The fourth-order valence-electron chi connectivity index (χ4n) is 2.90. The van der Waals surface area contributed by atoms with E-state index in [9.17, 15) is 9.59 Å². The van der Waals surface area contributed by atoms with E-state index in [-0.39, 0.29) is 17.4 Å². The minimum absolute atomic E-state index is 0.173. The molecule has 0 aromatic heterocycles. The molecule has 0 bridgehead atoms. The topological polar surface area (TPSA) is 58.2 Å². The van der Waals surface area contributed by atoms with Crippen molar-refractivity contribution in [1.82, 2.24) is 5.32 Å². The highest BCUT2D eigenvalue weighted by molar-refractivity contribution is 6.09. The van der Waals surface area contributed by atoms with Crippen LogP contribution in [-0.4, -0.2) is 17.4 Å². The maximum absolute atomic E-state index is 12.9. The highest BCUT2D eigenvalue weighted by Crippen LogP contribution is 2.24. The lowest BCUT2D eigenvalue weighted by atomic mass is 9.99. The van der Waals surface area contributed by atoms with Crippen molar-refractivity contribution in [3.63, 3.8) is 0 Å². The van der Waals surface area contributed by atoms with Crippen molar-refractivity contribution in [3.05, 3.63) is 90.0 Å². The lowest BCUT2D eigenvalue weighted by Crippen LogP contribution is -2.40. The van der Waals surface area contributed by atoms with Crippen LogP contribution in [0.2, 0.25) is 0 Å². The third-order valence-electron chi connectivity index (χ3n) is 4.13. The molecule has 0 unspecified atom stereocenters. The van der Waals surface area contributed by atoms with E-state index < -0.39 is 0 Å². The summed E-state index contributed by atoms with van der Waals surface area (Å²) < 4.78 is 0. The van der Waals surface area contributed by atoms with Gasteiger partial charge in [0.15, 0.2) is 0 Å². The van der Waals surface area contributed by atoms with Crippen LogP contribution in [0.1, 0.15) is 41.5 Å². The van der Waals surface area contributed by atoms with Crippen LogP contribution in [0.3, 0.4) is 0 Å². The molecule has 0 saturated heterocycles. The Morgan fingerprint density at radius 2 is 1.43 bits per heavy atom. The average molecular weight is 372 g/mol. The second-order valence-electron chi connectivity index (χ2n) is 7.65. The SMILES string of the molecule is CC(C)(C)NC(=O)c1cccc(NC(=O)c2ccccc2-c2ccccc2)c1. The first-order valence-electron chi connectivity index (χ1n) is 9.22. The van der Waals surface area contributed by atoms with Crippen molar-refractivity contribution in [1.29, 1.82) is 0 Å². The van der Waals surface area contributed by atoms with Crippen molar-refractivity contribution in [2.24, 2.45) is 0 Å². The number of nitrogens with one attached hydrogen (secondary N) is 2. The van der Waals surface area contributed by atoms with Gasteiger partial charge in [-0.05, 0) is 56.2 Å². The number of hydrogen-bond donors (Lipinski definition) is 2. The summed E-state index contributed by atoms with van der Waals surface area (Å²) in [7, 11) is 0. The van der Waals surface area contributed by atoms with Gasteiger partial charge in [0.25, 0.3) is 11.8 Å². The smallest absolute Gasteiger partial charge is 0.256 e. The number of carbonyl (C=O) groups is 2. The summed E-state index contributed by atoms with van der Waals surface area (Å²) in [5, 5.41) is 5.83. The number of rotatable bonds is 4. The standard InChI is InChI=1S/C24H24N2O2/c1-24(2,3)26-22(27)18-12-9-13-19(16-18)25-23(28)21-15-8-7-14-20(21)17-10-5-4-6-11-17/h4-16H,1-3H3,(H,25,28)(H,26,27). The molecule has 3 aromatic rings. The molecular formula is C24H24N2O2. The van der Waals surface area contributed by atoms with Gasteiger partial charge >= 0.3 is 0 Å². The molecule has 0 aliphatic heterocycles. The molecule has 0 heterocycles. The molecule has 4 heteroatoms. The Bertz CT molecular complexity index is 989. The summed E-state index contributed by atoms with van der Waals surface area (Å²) in [6.07, 6.45) is 0. The van der Waals surface area contributed by atoms with Gasteiger partial charge in [-0.1, -0.05) is 54.6 Å². The minimum Gasteiger partial charge on any atom is -0.347 e. The zero-order valence-electron chi connectivity index (χ0n) is 16.3. The van der Waals surface area contributed by atoms with E-state index in [1.165, 1.54) is 0 Å². The molecule has 0 saturated carbocycles. The highest BCUT2D eigenvalue weighted by Gasteiger charge is 2.16. The van der Waals surface area contributed by atoms with E-state index in [0.717, 1.165) is 11.1 Å². The Morgan fingerprint density at radius 3 is 2.14 bits per heavy atom. The number of carbonyl (C=O) groups excluding carboxylic acids is 2. The van der Waals surface area contributed by atoms with Gasteiger partial charge in [0.1, 0.15) is 0 Å². The molecule has 142 valence electrons. The van der Waals surface area contributed by atoms with Crippen LogP contribution in [-0.2, 0) is 0 Å². The maximum Gasteiger partial charge on any atom is 0.256 e. The molecule has 0 atom stereocenters. The van der Waals surface area contributed by atoms with Crippen molar-refractivity contribution in [2.45, 2.75) is 26.3 Å². The molecule has 0 fully saturated rings. The number of anilines is 1. The zero-order chi connectivity index (χ0) is 20.1. The summed E-state index contributed by atoms with van der Waals surface area (Å²) >= 11 is 0. The monoisotopic (exact) mass is 372 g/mol. The highest BCUT2D eigenvalue weighted by atomic mass is 16.2. The van der Waals surface area contributed by atoms with Crippen LogP contribution in [0.25, 0.3) is 11.1 Å². The number of amides is 2. The van der Waals surface area contributed by atoms with Crippen LogP contribution < -0.4 is 10.6 Å². The van der Waals surface area contributed by atoms with Crippen molar-refractivity contribution >= 4 is 17.5 Å². The van der Waals surface area contributed by atoms with Gasteiger partial charge in [0.2, 0.25) is 0 Å². The maximum atomic E-state index is 12.9. The minimum atomic E-state index is -0.328. The molecule has 2 N–H and O–H groups in total. The molecule has 3 rings (SSSR count). The van der Waals surface area contributed by atoms with Gasteiger partial charge in [0.05, 0.1) is 0 Å². The van der Waals surface area contributed by atoms with Gasteiger partial charge < -0.3 is 10.6 Å². The van der Waals surface area contributed by atoms with Crippen LogP contribution in [0.5, 0.6) is 0 Å². The molecule has 4 nitrogen and oxygen atoms in total. The molecule has 3 aromatic carbocycles. The van der Waals surface area contributed by atoms with Crippen LogP contribution in [0.4, 0.5) is 5.69 Å². The Kier molecular flexibility index (Phi) is 5.59. The fourth-order valence-corrected chi connectivity index (χ4v) is 2.90. The predicted molar refractivity (Wildman–Crippen MR) is 113 cm³/mol. The average Bonchev–Trinajstić information content (AvgIpc) is 2.67. The van der Waals surface area contributed by atoms with Crippen molar-refractivity contribution in [2.75, 3.05) is 5.32 Å². The second-order valence-corrected chi connectivity index (χ2v) is 7.65. The Balaban J connectivity index is 1.83. The van der Waals surface area contributed by atoms with E-state index in [1.54, 1.807) is 30.3 Å². The molecular weight excluding hydrogens is 348 g/mol. The molecule has 0 spiro atoms. The third-order valence-corrected chi connectivity index (χ3v) is 4.13. The quantitative estimate of drug-likeness (QED) is 0.667. The molecule has 28 heavy (non-hydrogen) atoms. The van der Waals surface area contributed by atoms with Gasteiger partial charge in [-0.25, -0.2) is 0 Å². The Morgan fingerprint density at radius 1 is 0.750 bits per heavy atom. The van der Waals surface area contributed by atoms with E-state index in [2.05, 4.69) is 10.6 Å². The number of benzene rings is 3. The lowest BCUT2D eigenvalue weighted by molar-refractivity contribution is 0.0918. The summed E-state index contributed by atoms with van der Waals surface area (Å²) in [6.45, 7) is 5.78. The Labute approximate surface area is 165 Å². The van der Waals surface area contributed by atoms with E-state index in [4.69, 9.17) is 0 Å². The van der Waals surface area contributed by atoms with Crippen LogP contribution >= 0.6 is 0 Å². The van der Waals surface area contributed by atoms with Gasteiger partial charge in [-0.3, -0.25) is 9.59 Å². The first kappa shape index (κ1) is 19.4. The first-order valence-corrected chi connectivity index (χ1v) is 9.22. The molecule has 0 radical (unpaired) electrons. The Hall–Kier alpha value is -3.40. The first-order chi connectivity index (χ1) is 13.3. The third kappa shape index (κ3) is 4.86. The molecule has 2 amide bonds. The molecule has 0 aliphatic rings. The number of hydrogen-bond acceptors (Lipinski definition) is 2. The fraction of sp³-hybridized carbons (Fsp3) is 0.167. The predicted octanol–water partition coefficient (Wildman–Crippen LogP) is 5.13. The van der Waals surface area contributed by atoms with E-state index >= 15 is 0 Å². The van der Waals surface area contributed by atoms with E-state index in [0.29, 0.717) is 16.8 Å². The van der Waals surface area contributed by atoms with E-state index in [1.807, 2.05) is 69.3 Å². The van der Waals surface area contributed by atoms with Gasteiger partial charge in [-0.2, -0.15) is 0 Å². The second kappa shape index (κ2) is 8.09. The summed E-state index contributed by atoms with van der Waals surface area (Å²) in [6, 6.07) is 24.2. The van der Waals surface area contributed by atoms with Crippen molar-refractivity contribution in [3.8, 4) is 11.1 Å². The van der Waals surface area contributed by atoms with Crippen molar-refractivity contribution < 1.29 is 9.59 Å². The van der Waals surface area contributed by atoms with Crippen LogP contribution in [0.15, 0.2) is 78.9 Å². The summed E-state index contributed by atoms with van der Waals surface area (Å²) in [4.78, 5) is 25.3. The van der Waals surface area contributed by atoms with Gasteiger partial charge in [0, 0.05) is 22.4 Å². The van der Waals surface area contributed by atoms with Gasteiger partial charge in [-0.15, -0.1) is 0 Å². The summed E-state index contributed by atoms with van der Waals surface area (Å²) in [5.41, 5.74) is 3.18. The molecule has 0 aliphatic carbocycles. The lowest BCUT2D eigenvalue weighted by Gasteiger charge is -2.20. The normalized spacial score (nSPS) is 11.0. The zero-order valence-corrected chi connectivity index (χ0v) is 16.3.